The Labute approximate surface area is 186 Å². The van der Waals surface area contributed by atoms with Gasteiger partial charge in [0.1, 0.15) is 5.75 Å². The summed E-state index contributed by atoms with van der Waals surface area (Å²) in [5, 5.41) is 6.80. The van der Waals surface area contributed by atoms with Crippen molar-refractivity contribution in [3.63, 3.8) is 0 Å². The lowest BCUT2D eigenvalue weighted by atomic mass is 9.74. The second-order valence-electron chi connectivity index (χ2n) is 7.80. The van der Waals surface area contributed by atoms with Gasteiger partial charge in [-0.25, -0.2) is 0 Å². The van der Waals surface area contributed by atoms with Crippen LogP contribution in [0.3, 0.4) is 0 Å². The molecule has 2 aromatic carbocycles. The molecule has 3 rings (SSSR count). The second-order valence-corrected chi connectivity index (χ2v) is 7.80. The summed E-state index contributed by atoms with van der Waals surface area (Å²) in [7, 11) is 1.70. The van der Waals surface area contributed by atoms with Crippen LogP contribution < -0.4 is 15.4 Å². The van der Waals surface area contributed by atoms with E-state index in [1.165, 1.54) is 5.56 Å². The third-order valence-corrected chi connectivity index (χ3v) is 5.58. The van der Waals surface area contributed by atoms with E-state index in [1.807, 2.05) is 24.3 Å². The molecule has 1 aliphatic heterocycles. The van der Waals surface area contributed by atoms with Crippen molar-refractivity contribution >= 4 is 11.6 Å². The predicted octanol–water partition coefficient (Wildman–Crippen LogP) is 4.23. The number of benzene rings is 2. The van der Waals surface area contributed by atoms with Gasteiger partial charge >= 0.3 is 0 Å². The van der Waals surface area contributed by atoms with Crippen LogP contribution in [0.5, 0.6) is 5.75 Å². The molecule has 6 heteroatoms. The highest BCUT2D eigenvalue weighted by atomic mass is 16.5. The van der Waals surface area contributed by atoms with Crippen LogP contribution in [0.25, 0.3) is 0 Å². The first kappa shape index (κ1) is 23.1. The van der Waals surface area contributed by atoms with Crippen LogP contribution in [0.2, 0.25) is 0 Å². The minimum Gasteiger partial charge on any atom is -0.493 e. The predicted molar refractivity (Wildman–Crippen MR) is 126 cm³/mol. The molecule has 31 heavy (non-hydrogen) atoms. The lowest BCUT2D eigenvalue weighted by molar-refractivity contribution is 0.0531. The summed E-state index contributed by atoms with van der Waals surface area (Å²) in [6.07, 6.45) is 2.82. The fourth-order valence-corrected chi connectivity index (χ4v) is 3.82. The molecule has 1 heterocycles. The van der Waals surface area contributed by atoms with Crippen LogP contribution in [0.15, 0.2) is 59.6 Å². The molecule has 0 unspecified atom stereocenters. The summed E-state index contributed by atoms with van der Waals surface area (Å²) in [6, 6.07) is 18.7. The number of ether oxygens (including phenoxy) is 3. The fourth-order valence-electron chi connectivity index (χ4n) is 3.82. The lowest BCUT2D eigenvalue weighted by Gasteiger charge is -2.36. The number of aliphatic imine (C=N–C) groups is 1. The van der Waals surface area contributed by atoms with Crippen LogP contribution in [-0.2, 0) is 14.9 Å². The quantitative estimate of drug-likeness (QED) is 0.339. The van der Waals surface area contributed by atoms with E-state index in [9.17, 15) is 0 Å². The van der Waals surface area contributed by atoms with Crippen molar-refractivity contribution in [1.29, 1.82) is 0 Å². The van der Waals surface area contributed by atoms with Gasteiger partial charge in [-0.2, -0.15) is 0 Å². The standard InChI is InChI=1S/C25H35N3O3/c1-3-26-24(28-22-11-7-12-23(19-22)31-16-8-15-29-2)27-20-25(13-17-30-18-14-25)21-9-5-4-6-10-21/h4-7,9-12,19H,3,8,13-18,20H2,1-2H3,(H2,26,27,28). The molecule has 0 bridgehead atoms. The van der Waals surface area contributed by atoms with Crippen molar-refractivity contribution in [3.8, 4) is 5.75 Å². The van der Waals surface area contributed by atoms with E-state index < -0.39 is 0 Å². The Bertz CT molecular complexity index is 805. The zero-order valence-corrected chi connectivity index (χ0v) is 18.7. The van der Waals surface area contributed by atoms with Crippen molar-refractivity contribution in [1.82, 2.24) is 5.32 Å². The summed E-state index contributed by atoms with van der Waals surface area (Å²) in [4.78, 5) is 4.98. The number of hydrogen-bond donors (Lipinski definition) is 2. The summed E-state index contributed by atoms with van der Waals surface area (Å²) < 4.78 is 16.6. The molecule has 0 amide bonds. The largest absolute Gasteiger partial charge is 0.493 e. The Kier molecular flexibility index (Phi) is 9.18. The molecule has 0 spiro atoms. The molecule has 0 aromatic heterocycles. The van der Waals surface area contributed by atoms with Gasteiger partial charge in [0.15, 0.2) is 5.96 Å². The van der Waals surface area contributed by atoms with Crippen LogP contribution >= 0.6 is 0 Å². The summed E-state index contributed by atoms with van der Waals surface area (Å²) in [5.41, 5.74) is 2.29. The maximum atomic E-state index is 5.83. The van der Waals surface area contributed by atoms with E-state index in [-0.39, 0.29) is 5.41 Å². The van der Waals surface area contributed by atoms with Gasteiger partial charge in [0.2, 0.25) is 0 Å². The van der Waals surface area contributed by atoms with E-state index in [0.29, 0.717) is 19.8 Å². The number of nitrogens with zero attached hydrogens (tertiary/aromatic N) is 1. The molecule has 0 atom stereocenters. The average Bonchev–Trinajstić information content (AvgIpc) is 2.82. The third-order valence-electron chi connectivity index (χ3n) is 5.58. The van der Waals surface area contributed by atoms with Crippen LogP contribution in [0.1, 0.15) is 31.7 Å². The van der Waals surface area contributed by atoms with Gasteiger partial charge in [-0.05, 0) is 37.5 Å². The summed E-state index contributed by atoms with van der Waals surface area (Å²) >= 11 is 0. The topological polar surface area (TPSA) is 64.1 Å². The first-order valence-corrected chi connectivity index (χ1v) is 11.2. The minimum absolute atomic E-state index is 0.00810. The summed E-state index contributed by atoms with van der Waals surface area (Å²) in [6.45, 7) is 6.46. The number of guanidine groups is 1. The molecule has 6 nitrogen and oxygen atoms in total. The maximum absolute atomic E-state index is 5.83. The molecule has 2 aromatic rings. The van der Waals surface area contributed by atoms with Gasteiger partial charge < -0.3 is 24.8 Å². The van der Waals surface area contributed by atoms with Gasteiger partial charge in [-0.3, -0.25) is 4.99 Å². The number of hydrogen-bond acceptors (Lipinski definition) is 4. The smallest absolute Gasteiger partial charge is 0.195 e. The molecule has 1 aliphatic rings. The van der Waals surface area contributed by atoms with E-state index in [4.69, 9.17) is 19.2 Å². The first-order chi connectivity index (χ1) is 15.3. The molecular weight excluding hydrogens is 390 g/mol. The average molecular weight is 426 g/mol. The van der Waals surface area contributed by atoms with Crippen LogP contribution in [0.4, 0.5) is 5.69 Å². The Hall–Kier alpha value is -2.57. The van der Waals surface area contributed by atoms with Gasteiger partial charge in [0.05, 0.1) is 13.2 Å². The number of anilines is 1. The molecule has 168 valence electrons. The van der Waals surface area contributed by atoms with Crippen molar-refractivity contribution in [2.24, 2.45) is 4.99 Å². The van der Waals surface area contributed by atoms with Crippen LogP contribution in [0, 0.1) is 0 Å². The Morgan fingerprint density at radius 1 is 1.06 bits per heavy atom. The summed E-state index contributed by atoms with van der Waals surface area (Å²) in [5.74, 6) is 1.61. The van der Waals surface area contributed by atoms with E-state index in [0.717, 1.165) is 56.4 Å². The number of methoxy groups -OCH3 is 1. The van der Waals surface area contributed by atoms with Gasteiger partial charge in [-0.15, -0.1) is 0 Å². The molecular formula is C25H35N3O3. The van der Waals surface area contributed by atoms with Crippen LogP contribution in [-0.4, -0.2) is 52.6 Å². The zero-order chi connectivity index (χ0) is 21.8. The van der Waals surface area contributed by atoms with Gasteiger partial charge in [0, 0.05) is 57.1 Å². The molecule has 0 radical (unpaired) electrons. The highest BCUT2D eigenvalue weighted by molar-refractivity contribution is 5.93. The fraction of sp³-hybridized carbons (Fsp3) is 0.480. The SMILES string of the molecule is CCNC(=NCC1(c2ccccc2)CCOCC1)Nc1cccc(OCCCOC)c1. The second kappa shape index (κ2) is 12.3. The van der Waals surface area contributed by atoms with Crippen molar-refractivity contribution < 1.29 is 14.2 Å². The van der Waals surface area contributed by atoms with E-state index in [1.54, 1.807) is 7.11 Å². The first-order valence-electron chi connectivity index (χ1n) is 11.2. The highest BCUT2D eigenvalue weighted by Crippen LogP contribution is 2.35. The Morgan fingerprint density at radius 3 is 2.61 bits per heavy atom. The van der Waals surface area contributed by atoms with Gasteiger partial charge in [-0.1, -0.05) is 36.4 Å². The highest BCUT2D eigenvalue weighted by Gasteiger charge is 2.34. The van der Waals surface area contributed by atoms with Crippen molar-refractivity contribution in [2.75, 3.05) is 51.9 Å². The third kappa shape index (κ3) is 6.97. The Morgan fingerprint density at radius 2 is 1.87 bits per heavy atom. The maximum Gasteiger partial charge on any atom is 0.195 e. The van der Waals surface area contributed by atoms with Crippen molar-refractivity contribution in [3.05, 3.63) is 60.2 Å². The zero-order valence-electron chi connectivity index (χ0n) is 18.7. The number of rotatable bonds is 10. The monoisotopic (exact) mass is 425 g/mol. The van der Waals surface area contributed by atoms with Crippen molar-refractivity contribution in [2.45, 2.75) is 31.6 Å². The lowest BCUT2D eigenvalue weighted by Crippen LogP contribution is -2.39. The minimum atomic E-state index is 0.00810. The normalized spacial score (nSPS) is 16.0. The number of nitrogens with one attached hydrogen (secondary N) is 2. The Balaban J connectivity index is 1.71. The van der Waals surface area contributed by atoms with Gasteiger partial charge in [0.25, 0.3) is 0 Å². The molecule has 1 fully saturated rings. The van der Waals surface area contributed by atoms with E-state index >= 15 is 0 Å². The molecule has 0 saturated carbocycles. The van der Waals surface area contributed by atoms with E-state index in [2.05, 4.69) is 47.9 Å². The molecule has 1 saturated heterocycles. The molecule has 0 aliphatic carbocycles. The molecule has 2 N–H and O–H groups in total.